The first-order valence-electron chi connectivity index (χ1n) is 4.45. The molecule has 3 heteroatoms. The van der Waals surface area contributed by atoms with Crippen LogP contribution in [-0.2, 0) is 0 Å². The lowest BCUT2D eigenvalue weighted by molar-refractivity contribution is -0.0299. The molecule has 12 heavy (non-hydrogen) atoms. The Morgan fingerprint density at radius 1 is 1.42 bits per heavy atom. The first-order chi connectivity index (χ1) is 5.40. The molecule has 0 heterocycles. The second-order valence-electron chi connectivity index (χ2n) is 3.93. The highest BCUT2D eigenvalue weighted by Gasteiger charge is 2.27. The number of aliphatic hydroxyl groups excluding tert-OH is 1. The van der Waals surface area contributed by atoms with Crippen LogP contribution in [0.15, 0.2) is 0 Å². The average molecular weight is 175 g/mol. The predicted molar refractivity (Wildman–Crippen MR) is 50.0 cm³/mol. The molecule has 0 unspecified atom stereocenters. The van der Waals surface area contributed by atoms with E-state index in [0.29, 0.717) is 13.0 Å². The van der Waals surface area contributed by atoms with Crippen molar-refractivity contribution in [1.29, 1.82) is 0 Å². The molecule has 0 radical (unpaired) electrons. The van der Waals surface area contributed by atoms with Crippen molar-refractivity contribution in [1.82, 2.24) is 5.32 Å². The van der Waals surface area contributed by atoms with Crippen LogP contribution < -0.4 is 5.32 Å². The van der Waals surface area contributed by atoms with Gasteiger partial charge < -0.3 is 15.5 Å². The van der Waals surface area contributed by atoms with Gasteiger partial charge in [0.15, 0.2) is 0 Å². The van der Waals surface area contributed by atoms with E-state index in [1.165, 1.54) is 0 Å². The maximum atomic E-state index is 9.80. The van der Waals surface area contributed by atoms with Crippen molar-refractivity contribution in [3.05, 3.63) is 0 Å². The second kappa shape index (κ2) is 4.80. The molecule has 0 bridgehead atoms. The number of hydrogen-bond donors (Lipinski definition) is 3. The van der Waals surface area contributed by atoms with E-state index in [-0.39, 0.29) is 5.92 Å². The maximum absolute atomic E-state index is 9.80. The van der Waals surface area contributed by atoms with E-state index >= 15 is 0 Å². The predicted octanol–water partition coefficient (Wildman–Crippen LogP) is 0.364. The minimum atomic E-state index is -0.768. The smallest absolute Gasteiger partial charge is 0.0691 e. The Balaban J connectivity index is 3.88. The lowest BCUT2D eigenvalue weighted by atomic mass is 9.87. The van der Waals surface area contributed by atoms with E-state index in [0.717, 1.165) is 0 Å². The summed E-state index contributed by atoms with van der Waals surface area (Å²) in [5, 5.41) is 22.1. The van der Waals surface area contributed by atoms with Crippen LogP contribution in [-0.4, -0.2) is 35.5 Å². The van der Waals surface area contributed by atoms with Crippen molar-refractivity contribution in [2.75, 3.05) is 13.6 Å². The Hall–Kier alpha value is -0.120. The van der Waals surface area contributed by atoms with Crippen molar-refractivity contribution in [3.8, 4) is 0 Å². The fourth-order valence-electron chi connectivity index (χ4n) is 1.02. The van der Waals surface area contributed by atoms with Gasteiger partial charge in [0.1, 0.15) is 0 Å². The molecular formula is C9H21NO2. The van der Waals surface area contributed by atoms with Gasteiger partial charge in [0.2, 0.25) is 0 Å². The molecule has 0 amide bonds. The van der Waals surface area contributed by atoms with Crippen LogP contribution in [0.25, 0.3) is 0 Å². The van der Waals surface area contributed by atoms with Crippen molar-refractivity contribution in [3.63, 3.8) is 0 Å². The molecule has 3 N–H and O–H groups in total. The molecule has 0 rings (SSSR count). The number of hydrogen-bond acceptors (Lipinski definition) is 3. The minimum Gasteiger partial charge on any atom is -0.392 e. The molecule has 0 aromatic carbocycles. The van der Waals surface area contributed by atoms with Crippen molar-refractivity contribution < 1.29 is 10.2 Å². The van der Waals surface area contributed by atoms with E-state index in [1.807, 2.05) is 13.8 Å². The zero-order valence-corrected chi connectivity index (χ0v) is 8.46. The number of likely N-dealkylation sites (N-methyl/N-ethyl adjacent to an activating group) is 1. The number of rotatable bonds is 5. The van der Waals surface area contributed by atoms with Crippen LogP contribution in [0.1, 0.15) is 27.2 Å². The summed E-state index contributed by atoms with van der Waals surface area (Å²) in [6.45, 7) is 6.19. The molecule has 0 saturated heterocycles. The topological polar surface area (TPSA) is 52.5 Å². The van der Waals surface area contributed by atoms with Gasteiger partial charge in [-0.15, -0.1) is 0 Å². The summed E-state index contributed by atoms with van der Waals surface area (Å²) < 4.78 is 0. The van der Waals surface area contributed by atoms with E-state index in [1.54, 1.807) is 14.0 Å². The van der Waals surface area contributed by atoms with Crippen LogP contribution in [0, 0.1) is 5.92 Å². The quantitative estimate of drug-likeness (QED) is 0.565. The van der Waals surface area contributed by atoms with Crippen molar-refractivity contribution >= 4 is 0 Å². The van der Waals surface area contributed by atoms with Crippen LogP contribution in [0.4, 0.5) is 0 Å². The van der Waals surface area contributed by atoms with Gasteiger partial charge in [0.25, 0.3) is 0 Å². The summed E-state index contributed by atoms with van der Waals surface area (Å²) >= 11 is 0. The van der Waals surface area contributed by atoms with Gasteiger partial charge >= 0.3 is 0 Å². The Morgan fingerprint density at radius 2 is 1.92 bits per heavy atom. The minimum absolute atomic E-state index is 0.170. The fourth-order valence-corrected chi connectivity index (χ4v) is 1.02. The molecular weight excluding hydrogens is 154 g/mol. The molecule has 0 aromatic heterocycles. The molecule has 0 aliphatic carbocycles. The summed E-state index contributed by atoms with van der Waals surface area (Å²) in [6, 6.07) is 0. The van der Waals surface area contributed by atoms with E-state index in [9.17, 15) is 10.2 Å². The molecule has 0 saturated carbocycles. The van der Waals surface area contributed by atoms with Gasteiger partial charge in [-0.25, -0.2) is 0 Å². The molecule has 2 atom stereocenters. The Kier molecular flexibility index (Phi) is 4.75. The van der Waals surface area contributed by atoms with E-state index in [2.05, 4.69) is 5.32 Å². The summed E-state index contributed by atoms with van der Waals surface area (Å²) in [5.74, 6) is 0.170. The zero-order valence-electron chi connectivity index (χ0n) is 8.46. The van der Waals surface area contributed by atoms with Crippen molar-refractivity contribution in [2.45, 2.75) is 38.9 Å². The molecule has 0 fully saturated rings. The lowest BCUT2D eigenvalue weighted by Crippen LogP contribution is -2.38. The van der Waals surface area contributed by atoms with Crippen LogP contribution in [0.5, 0.6) is 0 Å². The molecule has 74 valence electrons. The van der Waals surface area contributed by atoms with E-state index < -0.39 is 11.7 Å². The highest BCUT2D eigenvalue weighted by Crippen LogP contribution is 2.21. The number of aliphatic hydroxyl groups is 2. The highest BCUT2D eigenvalue weighted by atomic mass is 16.3. The van der Waals surface area contributed by atoms with Gasteiger partial charge in [0.05, 0.1) is 11.7 Å². The summed E-state index contributed by atoms with van der Waals surface area (Å²) in [6.07, 6.45) is -0.0432. The number of nitrogens with one attached hydrogen (secondary N) is 1. The maximum Gasteiger partial charge on any atom is 0.0691 e. The molecule has 0 aliphatic heterocycles. The van der Waals surface area contributed by atoms with Gasteiger partial charge in [0, 0.05) is 13.0 Å². The van der Waals surface area contributed by atoms with Crippen LogP contribution >= 0.6 is 0 Å². The van der Waals surface area contributed by atoms with Gasteiger partial charge in [-0.3, -0.25) is 0 Å². The van der Waals surface area contributed by atoms with Gasteiger partial charge in [-0.05, 0) is 19.9 Å². The van der Waals surface area contributed by atoms with E-state index in [4.69, 9.17) is 0 Å². The monoisotopic (exact) mass is 175 g/mol. The molecule has 0 aromatic rings. The third kappa shape index (κ3) is 4.04. The SMILES string of the molecule is CNC[C@H](O)C[C@](C)(O)C(C)C. The fraction of sp³-hybridized carbons (Fsp3) is 1.00. The standard InChI is InChI=1S/C9H21NO2/c1-7(2)9(3,12)5-8(11)6-10-4/h7-8,10-12H,5-6H2,1-4H3/t8-,9+/m1/s1. The van der Waals surface area contributed by atoms with Crippen LogP contribution in [0.2, 0.25) is 0 Å². The first-order valence-corrected chi connectivity index (χ1v) is 4.45. The molecule has 0 spiro atoms. The zero-order chi connectivity index (χ0) is 9.78. The third-order valence-corrected chi connectivity index (χ3v) is 2.33. The van der Waals surface area contributed by atoms with Crippen LogP contribution in [0.3, 0.4) is 0 Å². The highest BCUT2D eigenvalue weighted by molar-refractivity contribution is 4.80. The Bertz CT molecular complexity index is 124. The molecule has 0 aliphatic rings. The lowest BCUT2D eigenvalue weighted by Gasteiger charge is -2.29. The summed E-state index contributed by atoms with van der Waals surface area (Å²) in [7, 11) is 1.79. The first kappa shape index (κ1) is 11.9. The van der Waals surface area contributed by atoms with Gasteiger partial charge in [-0.2, -0.15) is 0 Å². The second-order valence-corrected chi connectivity index (χ2v) is 3.93. The van der Waals surface area contributed by atoms with Gasteiger partial charge in [-0.1, -0.05) is 13.8 Å². The Labute approximate surface area is 74.8 Å². The third-order valence-electron chi connectivity index (χ3n) is 2.33. The largest absolute Gasteiger partial charge is 0.392 e. The average Bonchev–Trinajstić information content (AvgIpc) is 1.85. The van der Waals surface area contributed by atoms with Crippen molar-refractivity contribution in [2.24, 2.45) is 5.92 Å². The normalized spacial score (nSPS) is 19.2. The molecule has 3 nitrogen and oxygen atoms in total. The summed E-state index contributed by atoms with van der Waals surface area (Å²) in [4.78, 5) is 0. The summed E-state index contributed by atoms with van der Waals surface area (Å²) in [5.41, 5.74) is -0.768. The Morgan fingerprint density at radius 3 is 2.25 bits per heavy atom.